The first-order valence-electron chi connectivity index (χ1n) is 6.99. The van der Waals surface area contributed by atoms with Crippen molar-refractivity contribution in [1.82, 2.24) is 4.90 Å². The van der Waals surface area contributed by atoms with Crippen LogP contribution in [-0.2, 0) is 14.3 Å². The van der Waals surface area contributed by atoms with Crippen LogP contribution in [-0.4, -0.2) is 54.3 Å². The quantitative estimate of drug-likeness (QED) is 0.894. The van der Waals surface area contributed by atoms with Crippen LogP contribution in [0.15, 0.2) is 24.3 Å². The second-order valence-electron chi connectivity index (χ2n) is 5.28. The number of morpholine rings is 1. The van der Waals surface area contributed by atoms with Crippen LogP contribution in [0.4, 0.5) is 0 Å². The Kier molecular flexibility index (Phi) is 3.79. The van der Waals surface area contributed by atoms with Crippen LogP contribution in [0.2, 0.25) is 0 Å². The molecule has 2 aliphatic rings. The van der Waals surface area contributed by atoms with Gasteiger partial charge >= 0.3 is 5.97 Å². The molecule has 0 aliphatic carbocycles. The van der Waals surface area contributed by atoms with Crippen molar-refractivity contribution in [3.63, 3.8) is 0 Å². The van der Waals surface area contributed by atoms with Gasteiger partial charge in [-0.25, -0.2) is 0 Å². The van der Waals surface area contributed by atoms with E-state index in [0.29, 0.717) is 26.3 Å². The summed E-state index contributed by atoms with van der Waals surface area (Å²) in [7, 11) is 0. The average Bonchev–Trinajstić information content (AvgIpc) is 2.90. The van der Waals surface area contributed by atoms with Crippen molar-refractivity contribution in [2.24, 2.45) is 0 Å². The van der Waals surface area contributed by atoms with Gasteiger partial charge in [0.05, 0.1) is 19.1 Å². The van der Waals surface area contributed by atoms with Gasteiger partial charge < -0.3 is 19.5 Å². The highest BCUT2D eigenvalue weighted by atomic mass is 16.5. The van der Waals surface area contributed by atoms with Crippen LogP contribution < -0.4 is 4.74 Å². The highest BCUT2D eigenvalue weighted by Crippen LogP contribution is 2.34. The van der Waals surface area contributed by atoms with E-state index in [1.165, 1.54) is 0 Å². The number of hydrogen-bond acceptors (Lipinski definition) is 4. The SMILES string of the molecule is O=C(O)C[C@H]1CN(C(=O)[C@H]2COc3ccccc32)CCO1. The maximum atomic E-state index is 12.6. The Morgan fingerprint density at radius 2 is 2.14 bits per heavy atom. The molecule has 1 amide bonds. The summed E-state index contributed by atoms with van der Waals surface area (Å²) >= 11 is 0. The fourth-order valence-electron chi connectivity index (χ4n) is 2.83. The molecule has 1 aromatic carbocycles. The van der Waals surface area contributed by atoms with Gasteiger partial charge in [-0.3, -0.25) is 9.59 Å². The predicted octanol–water partition coefficient (Wildman–Crippen LogP) is 0.865. The molecule has 112 valence electrons. The number of carbonyl (C=O) groups is 2. The summed E-state index contributed by atoms with van der Waals surface area (Å²) in [5.74, 6) is -0.474. The minimum absolute atomic E-state index is 0.0151. The summed E-state index contributed by atoms with van der Waals surface area (Å²) in [5, 5.41) is 8.83. The van der Waals surface area contributed by atoms with E-state index in [1.807, 2.05) is 24.3 Å². The summed E-state index contributed by atoms with van der Waals surface area (Å²) < 4.78 is 10.9. The summed E-state index contributed by atoms with van der Waals surface area (Å²) in [6.07, 6.45) is -0.514. The molecule has 1 aromatic rings. The molecular formula is C15H17NO5. The molecule has 0 bridgehead atoms. The van der Waals surface area contributed by atoms with E-state index in [2.05, 4.69) is 0 Å². The Morgan fingerprint density at radius 3 is 2.95 bits per heavy atom. The van der Waals surface area contributed by atoms with E-state index >= 15 is 0 Å². The van der Waals surface area contributed by atoms with Gasteiger partial charge in [0.25, 0.3) is 0 Å². The standard InChI is InChI=1S/C15H17NO5/c17-14(18)7-10-8-16(5-6-20-10)15(19)12-9-21-13-4-2-1-3-11(12)13/h1-4,10,12H,5-9H2,(H,17,18)/t10-,12-/m0/s1. The Morgan fingerprint density at radius 1 is 1.33 bits per heavy atom. The number of benzene rings is 1. The number of carboxylic acid groups (broad SMARTS) is 1. The predicted molar refractivity (Wildman–Crippen MR) is 73.3 cm³/mol. The Balaban J connectivity index is 1.70. The van der Waals surface area contributed by atoms with Crippen LogP contribution in [0.1, 0.15) is 17.9 Å². The van der Waals surface area contributed by atoms with Crippen molar-refractivity contribution >= 4 is 11.9 Å². The highest BCUT2D eigenvalue weighted by molar-refractivity contribution is 5.85. The third-order valence-electron chi connectivity index (χ3n) is 3.85. The van der Waals surface area contributed by atoms with Crippen LogP contribution in [0.25, 0.3) is 0 Å². The van der Waals surface area contributed by atoms with Crippen LogP contribution in [0, 0.1) is 0 Å². The topological polar surface area (TPSA) is 76.1 Å². The fourth-order valence-corrected chi connectivity index (χ4v) is 2.83. The first kappa shape index (κ1) is 13.9. The molecular weight excluding hydrogens is 274 g/mol. The van der Waals surface area contributed by atoms with E-state index < -0.39 is 12.1 Å². The number of nitrogens with zero attached hydrogens (tertiary/aromatic N) is 1. The van der Waals surface area contributed by atoms with Gasteiger partial charge in [-0.15, -0.1) is 0 Å². The molecule has 6 heteroatoms. The lowest BCUT2D eigenvalue weighted by atomic mass is 9.99. The number of fused-ring (bicyclic) bond motifs is 1. The second-order valence-corrected chi connectivity index (χ2v) is 5.28. The van der Waals surface area contributed by atoms with E-state index in [0.717, 1.165) is 11.3 Å². The van der Waals surface area contributed by atoms with E-state index in [-0.39, 0.29) is 18.2 Å². The number of aliphatic carboxylic acids is 1. The summed E-state index contributed by atoms with van der Waals surface area (Å²) in [4.78, 5) is 25.1. The molecule has 0 aromatic heterocycles. The molecule has 1 saturated heterocycles. The molecule has 0 spiro atoms. The zero-order valence-electron chi connectivity index (χ0n) is 11.5. The van der Waals surface area contributed by atoms with Crippen molar-refractivity contribution in [3.05, 3.63) is 29.8 Å². The molecule has 2 atom stereocenters. The molecule has 3 rings (SSSR count). The molecule has 1 fully saturated rings. The first-order chi connectivity index (χ1) is 10.1. The molecule has 1 N–H and O–H groups in total. The molecule has 2 aliphatic heterocycles. The lowest BCUT2D eigenvalue weighted by molar-refractivity contribution is -0.148. The normalized spacial score (nSPS) is 24.3. The van der Waals surface area contributed by atoms with Crippen LogP contribution in [0.3, 0.4) is 0 Å². The third-order valence-corrected chi connectivity index (χ3v) is 3.85. The number of ether oxygens (including phenoxy) is 2. The highest BCUT2D eigenvalue weighted by Gasteiger charge is 2.35. The van der Waals surface area contributed by atoms with E-state index in [1.54, 1.807) is 4.90 Å². The zero-order chi connectivity index (χ0) is 14.8. The largest absolute Gasteiger partial charge is 0.492 e. The summed E-state index contributed by atoms with van der Waals surface area (Å²) in [6, 6.07) is 7.53. The van der Waals surface area contributed by atoms with Gasteiger partial charge in [-0.05, 0) is 6.07 Å². The zero-order valence-corrected chi connectivity index (χ0v) is 11.5. The molecule has 0 unspecified atom stereocenters. The number of carbonyl (C=O) groups excluding carboxylic acids is 1. The van der Waals surface area contributed by atoms with E-state index in [9.17, 15) is 9.59 Å². The minimum atomic E-state index is -0.913. The monoisotopic (exact) mass is 291 g/mol. The molecule has 2 heterocycles. The summed E-state index contributed by atoms with van der Waals surface area (Å²) in [5.41, 5.74) is 0.906. The van der Waals surface area contributed by atoms with E-state index in [4.69, 9.17) is 14.6 Å². The van der Waals surface area contributed by atoms with Gasteiger partial charge in [0, 0.05) is 18.7 Å². The first-order valence-corrected chi connectivity index (χ1v) is 6.99. The third kappa shape index (κ3) is 2.85. The van der Waals surface area contributed by atoms with Crippen molar-refractivity contribution in [2.45, 2.75) is 18.4 Å². The maximum Gasteiger partial charge on any atom is 0.306 e. The summed E-state index contributed by atoms with van der Waals surface area (Å²) in [6.45, 7) is 1.54. The smallest absolute Gasteiger partial charge is 0.306 e. The number of amides is 1. The molecule has 0 radical (unpaired) electrons. The van der Waals surface area contributed by atoms with Crippen molar-refractivity contribution in [1.29, 1.82) is 0 Å². The number of rotatable bonds is 3. The lowest BCUT2D eigenvalue weighted by Crippen LogP contribution is -2.48. The molecule has 6 nitrogen and oxygen atoms in total. The van der Waals surface area contributed by atoms with Gasteiger partial charge in [0.2, 0.25) is 5.91 Å². The van der Waals surface area contributed by atoms with Gasteiger partial charge in [0.1, 0.15) is 18.3 Å². The average molecular weight is 291 g/mol. The Hall–Kier alpha value is -2.08. The van der Waals surface area contributed by atoms with Crippen molar-refractivity contribution < 1.29 is 24.2 Å². The van der Waals surface area contributed by atoms with Crippen molar-refractivity contribution in [3.8, 4) is 5.75 Å². The fraction of sp³-hybridized carbons (Fsp3) is 0.467. The second kappa shape index (κ2) is 5.73. The van der Waals surface area contributed by atoms with Gasteiger partial charge in [-0.1, -0.05) is 18.2 Å². The number of hydrogen-bond donors (Lipinski definition) is 1. The van der Waals surface area contributed by atoms with Crippen molar-refractivity contribution in [2.75, 3.05) is 26.3 Å². The lowest BCUT2D eigenvalue weighted by Gasteiger charge is -2.33. The number of para-hydroxylation sites is 1. The van der Waals surface area contributed by atoms with Crippen LogP contribution >= 0.6 is 0 Å². The Labute approximate surface area is 122 Å². The van der Waals surface area contributed by atoms with Crippen LogP contribution in [0.5, 0.6) is 5.75 Å². The Bertz CT molecular complexity index is 559. The van der Waals surface area contributed by atoms with Gasteiger partial charge in [-0.2, -0.15) is 0 Å². The minimum Gasteiger partial charge on any atom is -0.492 e. The number of carboxylic acids is 1. The maximum absolute atomic E-state index is 12.6. The molecule has 21 heavy (non-hydrogen) atoms. The van der Waals surface area contributed by atoms with Gasteiger partial charge in [0.15, 0.2) is 0 Å². The molecule has 0 saturated carbocycles.